The van der Waals surface area contributed by atoms with Gasteiger partial charge in [-0.25, -0.2) is 4.79 Å². The van der Waals surface area contributed by atoms with Crippen LogP contribution in [0.15, 0.2) is 35.3 Å². The van der Waals surface area contributed by atoms with Crippen LogP contribution in [0.25, 0.3) is 0 Å². The van der Waals surface area contributed by atoms with Crippen LogP contribution in [-0.4, -0.2) is 41.0 Å². The van der Waals surface area contributed by atoms with E-state index in [0.717, 1.165) is 24.1 Å². The lowest BCUT2D eigenvalue weighted by Crippen LogP contribution is -2.47. The second-order valence-electron chi connectivity index (χ2n) is 5.87. The highest BCUT2D eigenvalue weighted by Crippen LogP contribution is 2.16. The molecule has 0 aliphatic carbocycles. The van der Waals surface area contributed by atoms with Gasteiger partial charge in [-0.1, -0.05) is 0 Å². The molecule has 2 N–H and O–H groups in total. The van der Waals surface area contributed by atoms with Crippen molar-refractivity contribution in [3.05, 3.63) is 46.4 Å². The number of nitrogens with one attached hydrogen (secondary N) is 2. The Balaban J connectivity index is 1.49. The van der Waals surface area contributed by atoms with E-state index >= 15 is 0 Å². The van der Waals surface area contributed by atoms with Crippen LogP contribution in [0, 0.1) is 6.92 Å². The first-order valence-electron chi connectivity index (χ1n) is 7.93. The third-order valence-electron chi connectivity index (χ3n) is 4.16. The number of nitrogens with zero attached hydrogens (tertiary/aromatic N) is 2. The van der Waals surface area contributed by atoms with Crippen LogP contribution in [0.3, 0.4) is 0 Å². The first-order valence-corrected chi connectivity index (χ1v) is 8.87. The SMILES string of the molecule is Cc1cnccc1NC(=O)N1CCC(NC(=O)c2ccsc2)CC1. The number of amides is 3. The highest BCUT2D eigenvalue weighted by atomic mass is 32.1. The van der Waals surface area contributed by atoms with Gasteiger partial charge < -0.3 is 15.5 Å². The fraction of sp³-hybridized carbons (Fsp3) is 0.353. The van der Waals surface area contributed by atoms with E-state index in [1.54, 1.807) is 23.4 Å². The van der Waals surface area contributed by atoms with Crippen molar-refractivity contribution in [1.29, 1.82) is 0 Å². The number of carbonyl (C=O) groups is 2. The minimum Gasteiger partial charge on any atom is -0.349 e. The Kier molecular flexibility index (Phi) is 5.10. The quantitative estimate of drug-likeness (QED) is 0.899. The molecule has 3 heterocycles. The van der Waals surface area contributed by atoms with E-state index in [4.69, 9.17) is 0 Å². The zero-order valence-corrected chi connectivity index (χ0v) is 14.3. The second kappa shape index (κ2) is 7.44. The molecule has 0 spiro atoms. The molecule has 0 saturated carbocycles. The zero-order chi connectivity index (χ0) is 16.9. The molecule has 126 valence electrons. The summed E-state index contributed by atoms with van der Waals surface area (Å²) in [5.74, 6) is -0.0356. The third kappa shape index (κ3) is 3.91. The molecular weight excluding hydrogens is 324 g/mol. The molecule has 3 rings (SSSR count). The molecule has 0 radical (unpaired) electrons. The van der Waals surface area contributed by atoms with Crippen LogP contribution in [0.1, 0.15) is 28.8 Å². The summed E-state index contributed by atoms with van der Waals surface area (Å²) in [7, 11) is 0. The molecule has 7 heteroatoms. The van der Waals surface area contributed by atoms with Crippen LogP contribution < -0.4 is 10.6 Å². The van der Waals surface area contributed by atoms with E-state index in [0.29, 0.717) is 18.7 Å². The number of hydrogen-bond acceptors (Lipinski definition) is 4. The number of anilines is 1. The van der Waals surface area contributed by atoms with Crippen molar-refractivity contribution in [2.45, 2.75) is 25.8 Å². The van der Waals surface area contributed by atoms with Crippen molar-refractivity contribution < 1.29 is 9.59 Å². The third-order valence-corrected chi connectivity index (χ3v) is 4.85. The standard InChI is InChI=1S/C17H20N4O2S/c1-12-10-18-6-2-15(12)20-17(23)21-7-3-14(4-8-21)19-16(22)13-5-9-24-11-13/h2,5-6,9-11,14H,3-4,7-8H2,1H3,(H,19,22)(H,18,20,23). The highest BCUT2D eigenvalue weighted by Gasteiger charge is 2.24. The molecule has 0 aromatic carbocycles. The van der Waals surface area contributed by atoms with Crippen molar-refractivity contribution in [2.24, 2.45) is 0 Å². The summed E-state index contributed by atoms with van der Waals surface area (Å²) in [6.45, 7) is 3.17. The second-order valence-corrected chi connectivity index (χ2v) is 6.65. The van der Waals surface area contributed by atoms with Crippen molar-refractivity contribution in [2.75, 3.05) is 18.4 Å². The Labute approximate surface area is 144 Å². The van der Waals surface area contributed by atoms with E-state index in [-0.39, 0.29) is 18.0 Å². The van der Waals surface area contributed by atoms with Gasteiger partial charge in [-0.05, 0) is 42.8 Å². The van der Waals surface area contributed by atoms with Gasteiger partial charge in [0.25, 0.3) is 5.91 Å². The predicted molar refractivity (Wildman–Crippen MR) is 94.4 cm³/mol. The van der Waals surface area contributed by atoms with Gasteiger partial charge in [-0.2, -0.15) is 11.3 Å². The number of thiophene rings is 1. The lowest BCUT2D eigenvalue weighted by Gasteiger charge is -2.32. The number of aromatic nitrogens is 1. The molecule has 0 atom stereocenters. The fourth-order valence-electron chi connectivity index (χ4n) is 2.70. The molecule has 6 nitrogen and oxygen atoms in total. The minimum absolute atomic E-state index is 0.0356. The smallest absolute Gasteiger partial charge is 0.321 e. The first-order chi connectivity index (χ1) is 11.6. The summed E-state index contributed by atoms with van der Waals surface area (Å²) in [4.78, 5) is 30.2. The number of rotatable bonds is 3. The summed E-state index contributed by atoms with van der Waals surface area (Å²) in [6.07, 6.45) is 4.91. The summed E-state index contributed by atoms with van der Waals surface area (Å²) < 4.78 is 0. The van der Waals surface area contributed by atoms with Crippen LogP contribution in [-0.2, 0) is 0 Å². The topological polar surface area (TPSA) is 74.3 Å². The summed E-state index contributed by atoms with van der Waals surface area (Å²) in [5, 5.41) is 9.69. The normalized spacial score (nSPS) is 15.1. The molecule has 1 fully saturated rings. The number of hydrogen-bond donors (Lipinski definition) is 2. The summed E-state index contributed by atoms with van der Waals surface area (Å²) in [5.41, 5.74) is 2.42. The van der Waals surface area contributed by atoms with Crippen molar-refractivity contribution >= 4 is 29.0 Å². The van der Waals surface area contributed by atoms with E-state index in [1.165, 1.54) is 11.3 Å². The van der Waals surface area contributed by atoms with E-state index in [1.807, 2.05) is 23.8 Å². The molecule has 1 saturated heterocycles. The van der Waals surface area contributed by atoms with Crippen LogP contribution in [0.2, 0.25) is 0 Å². The van der Waals surface area contributed by atoms with Gasteiger partial charge in [0.2, 0.25) is 0 Å². The Morgan fingerprint density at radius 2 is 2.08 bits per heavy atom. The molecule has 24 heavy (non-hydrogen) atoms. The number of urea groups is 1. The molecule has 0 bridgehead atoms. The molecular formula is C17H20N4O2S. The van der Waals surface area contributed by atoms with Gasteiger partial charge in [-0.15, -0.1) is 0 Å². The number of carbonyl (C=O) groups excluding carboxylic acids is 2. The van der Waals surface area contributed by atoms with Gasteiger partial charge in [0.1, 0.15) is 0 Å². The highest BCUT2D eigenvalue weighted by molar-refractivity contribution is 7.08. The maximum Gasteiger partial charge on any atom is 0.321 e. The van der Waals surface area contributed by atoms with Crippen molar-refractivity contribution in [1.82, 2.24) is 15.2 Å². The Bertz CT molecular complexity index is 709. The molecule has 3 amide bonds. The largest absolute Gasteiger partial charge is 0.349 e. The number of aryl methyl sites for hydroxylation is 1. The van der Waals surface area contributed by atoms with Gasteiger partial charge in [0.05, 0.1) is 0 Å². The van der Waals surface area contributed by atoms with Crippen LogP contribution in [0.5, 0.6) is 0 Å². The van der Waals surface area contributed by atoms with Gasteiger partial charge >= 0.3 is 6.03 Å². The van der Waals surface area contributed by atoms with Gasteiger partial charge in [0, 0.05) is 48.2 Å². The predicted octanol–water partition coefficient (Wildman–Crippen LogP) is 2.88. The Morgan fingerprint density at radius 1 is 1.29 bits per heavy atom. The molecule has 2 aromatic heterocycles. The van der Waals surface area contributed by atoms with Crippen LogP contribution >= 0.6 is 11.3 Å². The number of pyridine rings is 1. The van der Waals surface area contributed by atoms with E-state index in [9.17, 15) is 9.59 Å². The molecule has 2 aromatic rings. The van der Waals surface area contributed by atoms with E-state index in [2.05, 4.69) is 15.6 Å². The molecule has 0 unspecified atom stereocenters. The fourth-order valence-corrected chi connectivity index (χ4v) is 3.33. The molecule has 1 aliphatic rings. The maximum absolute atomic E-state index is 12.3. The lowest BCUT2D eigenvalue weighted by molar-refractivity contribution is 0.0919. The van der Waals surface area contributed by atoms with Gasteiger partial charge in [0.15, 0.2) is 0 Å². The summed E-state index contributed by atoms with van der Waals surface area (Å²) >= 11 is 1.51. The average Bonchev–Trinajstić information content (AvgIpc) is 3.12. The average molecular weight is 344 g/mol. The van der Waals surface area contributed by atoms with Crippen LogP contribution in [0.4, 0.5) is 10.5 Å². The minimum atomic E-state index is -0.105. The van der Waals surface area contributed by atoms with Crippen molar-refractivity contribution in [3.63, 3.8) is 0 Å². The molecule has 1 aliphatic heterocycles. The zero-order valence-electron chi connectivity index (χ0n) is 13.5. The first kappa shape index (κ1) is 16.4. The lowest BCUT2D eigenvalue weighted by atomic mass is 10.0. The number of likely N-dealkylation sites (tertiary alicyclic amines) is 1. The Morgan fingerprint density at radius 3 is 2.75 bits per heavy atom. The monoisotopic (exact) mass is 344 g/mol. The van der Waals surface area contributed by atoms with Crippen molar-refractivity contribution in [3.8, 4) is 0 Å². The maximum atomic E-state index is 12.3. The number of piperidine rings is 1. The van der Waals surface area contributed by atoms with E-state index < -0.39 is 0 Å². The van der Waals surface area contributed by atoms with Gasteiger partial charge in [-0.3, -0.25) is 9.78 Å². The summed E-state index contributed by atoms with van der Waals surface area (Å²) in [6, 6.07) is 3.62. The Hall–Kier alpha value is -2.41.